The number of nitrogens with one attached hydrogen (secondary N) is 2. The molecule has 8 rings (SSSR count). The summed E-state index contributed by atoms with van der Waals surface area (Å²) in [6, 6.07) is 9.39. The number of allylic oxidation sites excluding steroid dienone is 1. The lowest BCUT2D eigenvalue weighted by Gasteiger charge is -2.47. The highest BCUT2D eigenvalue weighted by atomic mass is 32.2. The Morgan fingerprint density at radius 1 is 1.03 bits per heavy atom. The van der Waals surface area contributed by atoms with Crippen LogP contribution in [-0.2, 0) is 24.4 Å². The molecule has 2 saturated carbocycles. The molecule has 16 nitrogen and oxygen atoms in total. The van der Waals surface area contributed by atoms with E-state index < -0.39 is 85.6 Å². The molecule has 1 aromatic heterocycles. The highest BCUT2D eigenvalue weighted by Crippen LogP contribution is 2.48. The molecular weight excluding hydrogens is 893 g/mol. The van der Waals surface area contributed by atoms with Crippen molar-refractivity contribution in [2.75, 3.05) is 26.9 Å². The lowest BCUT2D eigenvalue weighted by Crippen LogP contribution is -2.66. The van der Waals surface area contributed by atoms with Gasteiger partial charge >= 0.3 is 6.09 Å². The lowest BCUT2D eigenvalue weighted by molar-refractivity contribution is -0.156. The third kappa shape index (κ3) is 9.07. The van der Waals surface area contributed by atoms with Gasteiger partial charge < -0.3 is 34.3 Å². The van der Waals surface area contributed by atoms with Gasteiger partial charge in [0, 0.05) is 30.2 Å². The molecule has 5 aliphatic rings. The van der Waals surface area contributed by atoms with Crippen LogP contribution in [0.3, 0.4) is 0 Å². The summed E-state index contributed by atoms with van der Waals surface area (Å²) in [5, 5.41) is 14.8. The number of halogens is 2. The summed E-state index contributed by atoms with van der Waals surface area (Å²) in [6.07, 6.45) is 2.84. The van der Waals surface area contributed by atoms with E-state index in [1.54, 1.807) is 43.3 Å². The van der Waals surface area contributed by atoms with Crippen molar-refractivity contribution in [3.8, 4) is 34.4 Å². The predicted octanol–water partition coefficient (Wildman–Crippen LogP) is 6.70. The maximum Gasteiger partial charge on any atom is 0.408 e. The number of amides is 4. The van der Waals surface area contributed by atoms with E-state index in [1.165, 1.54) is 14.0 Å². The topological polar surface area (TPSA) is 203 Å². The fraction of sp³-hybridized carbons (Fsp3) is 0.562. The van der Waals surface area contributed by atoms with Crippen LogP contribution in [0.25, 0.3) is 22.0 Å². The van der Waals surface area contributed by atoms with Crippen LogP contribution in [0.5, 0.6) is 23.1 Å². The molecule has 19 heteroatoms. The standard InChI is InChI=1S/C48H59F2N5O11S/c1-27-10-8-9-11-31-25-48(31,43(58)53-67(61,62)46(5)16-17-46)52-40(56)36-24-33(26-54(36)42(57)39(28(2)20-27)55(44(59)60)45(3,4)47(6,49)50)66-41-34-14-13-32(63-7)21-30(34)22-35(51-41)29-12-15-37-38(23-29)65-19-18-64-37/h9,11-15,21-23,27-28,31,33,36,39H,8,10,16-20,24-26H2,1-7H3,(H,52,56)(H,53,58)(H,59,60)/b11-9-/t27-,28+,31+,33+,36-,39-,48+/m0/s1. The summed E-state index contributed by atoms with van der Waals surface area (Å²) in [7, 11) is -2.59. The van der Waals surface area contributed by atoms with Crippen molar-refractivity contribution in [2.45, 2.75) is 126 Å². The summed E-state index contributed by atoms with van der Waals surface area (Å²) in [5.41, 5.74) is -2.96. The van der Waals surface area contributed by atoms with Crippen LogP contribution in [0.15, 0.2) is 54.6 Å². The van der Waals surface area contributed by atoms with Gasteiger partial charge in [-0.15, -0.1) is 0 Å². The maximum absolute atomic E-state index is 15.6. The third-order valence-corrected chi connectivity index (χ3v) is 16.6. The smallest absolute Gasteiger partial charge is 0.408 e. The number of carbonyl (C=O) groups is 4. The number of aromatic nitrogens is 1. The van der Waals surface area contributed by atoms with Gasteiger partial charge in [-0.1, -0.05) is 26.0 Å². The van der Waals surface area contributed by atoms with Crippen LogP contribution >= 0.6 is 0 Å². The molecule has 4 heterocycles. The molecule has 3 aliphatic heterocycles. The minimum Gasteiger partial charge on any atom is -0.497 e. The van der Waals surface area contributed by atoms with E-state index in [9.17, 15) is 27.9 Å². The van der Waals surface area contributed by atoms with Gasteiger partial charge in [-0.25, -0.2) is 27.0 Å². The molecule has 2 aromatic carbocycles. The minimum atomic E-state index is -4.12. The molecule has 3 aromatic rings. The van der Waals surface area contributed by atoms with E-state index in [0.29, 0.717) is 90.0 Å². The Labute approximate surface area is 388 Å². The van der Waals surface area contributed by atoms with Gasteiger partial charge in [0.2, 0.25) is 27.7 Å². The van der Waals surface area contributed by atoms with Crippen molar-refractivity contribution >= 4 is 44.6 Å². The number of nitrogens with zero attached hydrogens (tertiary/aromatic N) is 3. The second-order valence-electron chi connectivity index (χ2n) is 19.8. The van der Waals surface area contributed by atoms with Crippen molar-refractivity contribution in [3.63, 3.8) is 0 Å². The molecule has 0 spiro atoms. The first-order valence-electron chi connectivity index (χ1n) is 22.8. The average Bonchev–Trinajstić information content (AvgIpc) is 4.15. The van der Waals surface area contributed by atoms with Gasteiger partial charge in [0.25, 0.3) is 11.8 Å². The molecule has 0 unspecified atom stereocenters. The van der Waals surface area contributed by atoms with Crippen molar-refractivity contribution < 1.29 is 60.4 Å². The van der Waals surface area contributed by atoms with Crippen LogP contribution in [0, 0.1) is 17.8 Å². The summed E-state index contributed by atoms with van der Waals surface area (Å²) in [5.74, 6) is -6.01. The highest BCUT2D eigenvalue weighted by molar-refractivity contribution is 7.91. The fourth-order valence-electron chi connectivity index (χ4n) is 9.59. The number of fused-ring (bicyclic) bond motifs is 4. The number of hydrogen-bond donors (Lipinski definition) is 3. The monoisotopic (exact) mass is 951 g/mol. The molecule has 2 aliphatic carbocycles. The summed E-state index contributed by atoms with van der Waals surface area (Å²) >= 11 is 0. The van der Waals surface area contributed by atoms with E-state index in [-0.39, 0.29) is 37.6 Å². The highest BCUT2D eigenvalue weighted by Gasteiger charge is 2.63. The van der Waals surface area contributed by atoms with Crippen LogP contribution in [0.2, 0.25) is 0 Å². The number of ether oxygens (including phenoxy) is 4. The Balaban J connectivity index is 1.21. The molecular formula is C48H59F2N5O11S. The number of pyridine rings is 1. The Bertz CT molecular complexity index is 2620. The van der Waals surface area contributed by atoms with Crippen LogP contribution in [0.1, 0.15) is 86.5 Å². The number of carbonyl (C=O) groups excluding carboxylic acids is 3. The first kappa shape index (κ1) is 47.8. The zero-order valence-corrected chi connectivity index (χ0v) is 39.6. The third-order valence-electron chi connectivity index (χ3n) is 14.5. The van der Waals surface area contributed by atoms with Crippen molar-refractivity contribution in [1.29, 1.82) is 0 Å². The lowest BCUT2D eigenvalue weighted by atomic mass is 9.84. The number of alkyl halides is 2. The van der Waals surface area contributed by atoms with Gasteiger partial charge in [-0.3, -0.25) is 24.0 Å². The van der Waals surface area contributed by atoms with Gasteiger partial charge in [-0.05, 0) is 119 Å². The maximum atomic E-state index is 15.6. The van der Waals surface area contributed by atoms with Crippen molar-refractivity contribution in [3.05, 3.63) is 54.6 Å². The van der Waals surface area contributed by atoms with Crippen molar-refractivity contribution in [1.82, 2.24) is 24.8 Å². The van der Waals surface area contributed by atoms with Crippen LogP contribution < -0.4 is 29.0 Å². The molecule has 3 N–H and O–H groups in total. The molecule has 67 heavy (non-hydrogen) atoms. The van der Waals surface area contributed by atoms with Gasteiger partial charge in [0.1, 0.15) is 48.2 Å². The van der Waals surface area contributed by atoms with Gasteiger partial charge in [0.05, 0.1) is 24.1 Å². The zero-order chi connectivity index (χ0) is 48.4. The van der Waals surface area contributed by atoms with E-state index in [0.717, 1.165) is 18.7 Å². The second kappa shape index (κ2) is 17.4. The van der Waals surface area contributed by atoms with Crippen LogP contribution in [-0.4, -0.2) is 119 Å². The summed E-state index contributed by atoms with van der Waals surface area (Å²) in [4.78, 5) is 64.4. The second-order valence-corrected chi connectivity index (χ2v) is 22.0. The number of rotatable bonds is 10. The summed E-state index contributed by atoms with van der Waals surface area (Å²) in [6.45, 7) is 8.30. The summed E-state index contributed by atoms with van der Waals surface area (Å²) < 4.78 is 82.8. The molecule has 0 bridgehead atoms. The molecule has 362 valence electrons. The fourth-order valence-corrected chi connectivity index (χ4v) is 10.9. The van der Waals surface area contributed by atoms with Gasteiger partial charge in [-0.2, -0.15) is 0 Å². The van der Waals surface area contributed by atoms with E-state index in [2.05, 4.69) is 10.0 Å². The molecule has 0 radical (unpaired) electrons. The first-order valence-corrected chi connectivity index (χ1v) is 24.3. The Kier molecular flexibility index (Phi) is 12.4. The number of methoxy groups -OCH3 is 1. The van der Waals surface area contributed by atoms with Gasteiger partial charge in [0.15, 0.2) is 11.5 Å². The normalized spacial score (nSPS) is 27.9. The Hall–Kier alpha value is -5.72. The SMILES string of the molecule is COc1ccc2c(O[C@@H]3C[C@H]4C(=O)N[C@]5(C(=O)NS(=O)(=O)C6(C)CC6)C[C@H]5/C=C\CC[C@H](C)C[C@@H](C)[C@H](N(C(=O)O)C(C)(C)C(C)(F)F)C(=O)N4C3)nc(-c3ccc4c(c3)OCCO4)cc2c1. The molecule has 3 fully saturated rings. The minimum absolute atomic E-state index is 0.0711. The number of benzene rings is 2. The molecule has 4 amide bonds. The van der Waals surface area contributed by atoms with E-state index in [1.807, 2.05) is 25.1 Å². The Morgan fingerprint density at radius 3 is 2.42 bits per heavy atom. The predicted molar refractivity (Wildman–Crippen MR) is 243 cm³/mol. The number of sulfonamides is 1. The molecule has 7 atom stereocenters. The number of hydrogen-bond acceptors (Lipinski definition) is 11. The largest absolute Gasteiger partial charge is 0.497 e. The van der Waals surface area contributed by atoms with E-state index in [4.69, 9.17) is 23.9 Å². The average molecular weight is 952 g/mol. The van der Waals surface area contributed by atoms with Crippen LogP contribution in [0.4, 0.5) is 13.6 Å². The number of carboxylic acid groups (broad SMARTS) is 1. The zero-order valence-electron chi connectivity index (χ0n) is 38.8. The molecule has 1 saturated heterocycles. The Morgan fingerprint density at radius 2 is 1.75 bits per heavy atom. The quantitative estimate of drug-likeness (QED) is 0.182. The van der Waals surface area contributed by atoms with Crippen molar-refractivity contribution in [2.24, 2.45) is 17.8 Å². The van der Waals surface area contributed by atoms with E-state index >= 15 is 13.6 Å². The first-order chi connectivity index (χ1) is 31.5.